The van der Waals surface area contributed by atoms with Gasteiger partial charge in [0, 0.05) is 29.7 Å². The Morgan fingerprint density at radius 1 is 1.22 bits per heavy atom. The van der Waals surface area contributed by atoms with Crippen molar-refractivity contribution >= 4 is 34.5 Å². The average molecular weight is 454 g/mol. The molecule has 6 nitrogen and oxygen atoms in total. The summed E-state index contributed by atoms with van der Waals surface area (Å²) in [5.41, 5.74) is 1.81. The van der Waals surface area contributed by atoms with Crippen molar-refractivity contribution in [3.05, 3.63) is 58.4 Å². The van der Waals surface area contributed by atoms with Crippen LogP contribution in [0.5, 0.6) is 0 Å². The zero-order valence-electron chi connectivity index (χ0n) is 18.5. The summed E-state index contributed by atoms with van der Waals surface area (Å²) < 4.78 is 7.71. The van der Waals surface area contributed by atoms with E-state index in [4.69, 9.17) is 16.0 Å². The number of hydrogen-bond acceptors (Lipinski definition) is 3. The zero-order valence-corrected chi connectivity index (χ0v) is 19.2. The van der Waals surface area contributed by atoms with Crippen molar-refractivity contribution in [1.29, 1.82) is 0 Å². The lowest BCUT2D eigenvalue weighted by Crippen LogP contribution is -2.64. The molecule has 2 amide bonds. The molecule has 5 rings (SSSR count). The van der Waals surface area contributed by atoms with Crippen molar-refractivity contribution in [1.82, 2.24) is 14.8 Å². The number of benzene rings is 1. The molecule has 1 saturated carbocycles. The summed E-state index contributed by atoms with van der Waals surface area (Å²) in [4.78, 5) is 29.1. The third-order valence-electron chi connectivity index (χ3n) is 6.95. The number of amides is 2. The minimum absolute atomic E-state index is 0.113. The Morgan fingerprint density at radius 2 is 1.97 bits per heavy atom. The first kappa shape index (κ1) is 21.1. The van der Waals surface area contributed by atoms with E-state index in [1.165, 1.54) is 6.42 Å². The first-order valence-corrected chi connectivity index (χ1v) is 11.7. The molecule has 1 N–H and O–H groups in total. The standard InChI is InChI=1S/C25H28ClN3O3/c1-16-12-20-22(32-16)13-21-23(30)29(14-17-8-6-7-11-19(17)26)25(2,15-28(20)21)24(31)27-18-9-4-3-5-10-18/h6-8,11-13,18H,3-5,9-10,14-15H2,1-2H3,(H,27,31). The first-order valence-electron chi connectivity index (χ1n) is 11.3. The molecule has 1 fully saturated rings. The summed E-state index contributed by atoms with van der Waals surface area (Å²) in [5, 5.41) is 3.84. The van der Waals surface area contributed by atoms with Crippen LogP contribution in [0, 0.1) is 6.92 Å². The van der Waals surface area contributed by atoms with Crippen molar-refractivity contribution in [3.8, 4) is 0 Å². The van der Waals surface area contributed by atoms with Crippen LogP contribution in [0.1, 0.15) is 60.8 Å². The van der Waals surface area contributed by atoms with E-state index in [-0.39, 0.29) is 24.4 Å². The molecule has 2 aromatic heterocycles. The molecule has 0 saturated heterocycles. The molecule has 32 heavy (non-hydrogen) atoms. The lowest BCUT2D eigenvalue weighted by Gasteiger charge is -2.45. The van der Waals surface area contributed by atoms with E-state index in [0.717, 1.165) is 42.5 Å². The third kappa shape index (κ3) is 3.51. The van der Waals surface area contributed by atoms with Crippen LogP contribution in [0.4, 0.5) is 0 Å². The van der Waals surface area contributed by atoms with Gasteiger partial charge in [-0.05, 0) is 38.3 Å². The van der Waals surface area contributed by atoms with E-state index in [1.807, 2.05) is 48.7 Å². The highest BCUT2D eigenvalue weighted by molar-refractivity contribution is 6.31. The molecule has 0 bridgehead atoms. The second-order valence-corrected chi connectivity index (χ2v) is 9.69. The summed E-state index contributed by atoms with van der Waals surface area (Å²) in [6, 6.07) is 11.3. The van der Waals surface area contributed by atoms with Crippen molar-refractivity contribution in [2.24, 2.45) is 0 Å². The fourth-order valence-corrected chi connectivity index (χ4v) is 5.29. The van der Waals surface area contributed by atoms with Gasteiger partial charge in [-0.2, -0.15) is 0 Å². The number of fused-ring (bicyclic) bond motifs is 3. The van der Waals surface area contributed by atoms with E-state index in [0.29, 0.717) is 22.8 Å². The predicted octanol–water partition coefficient (Wildman–Crippen LogP) is 5.06. The van der Waals surface area contributed by atoms with Crippen LogP contribution in [-0.4, -0.2) is 32.9 Å². The van der Waals surface area contributed by atoms with Crippen molar-refractivity contribution in [3.63, 3.8) is 0 Å². The summed E-state index contributed by atoms with van der Waals surface area (Å²) in [6.45, 7) is 4.37. The smallest absolute Gasteiger partial charge is 0.271 e. The van der Waals surface area contributed by atoms with Gasteiger partial charge in [0.05, 0.1) is 12.1 Å². The van der Waals surface area contributed by atoms with Crippen LogP contribution in [0.15, 0.2) is 40.8 Å². The molecule has 1 atom stereocenters. The molecule has 7 heteroatoms. The second kappa shape index (κ2) is 8.00. The summed E-state index contributed by atoms with van der Waals surface area (Å²) in [7, 11) is 0. The molecule has 168 valence electrons. The van der Waals surface area contributed by atoms with Crippen LogP contribution in [0.3, 0.4) is 0 Å². The topological polar surface area (TPSA) is 67.5 Å². The van der Waals surface area contributed by atoms with E-state index in [9.17, 15) is 9.59 Å². The average Bonchev–Trinajstić information content (AvgIpc) is 3.30. The Bertz CT molecular complexity index is 1190. The molecule has 0 spiro atoms. The maximum Gasteiger partial charge on any atom is 0.271 e. The Balaban J connectivity index is 1.55. The molecule has 3 heterocycles. The fourth-order valence-electron chi connectivity index (χ4n) is 5.09. The molecular formula is C25H28ClN3O3. The van der Waals surface area contributed by atoms with Gasteiger partial charge in [-0.25, -0.2) is 0 Å². The number of carbonyl (C=O) groups excluding carboxylic acids is 2. The number of nitrogens with zero attached hydrogens (tertiary/aromatic N) is 2. The van der Waals surface area contributed by atoms with Gasteiger partial charge in [0.1, 0.15) is 17.0 Å². The second-order valence-electron chi connectivity index (χ2n) is 9.29. The van der Waals surface area contributed by atoms with Gasteiger partial charge in [-0.3, -0.25) is 9.59 Å². The molecule has 1 aliphatic carbocycles. The number of carbonyl (C=O) groups is 2. The minimum atomic E-state index is -1.06. The van der Waals surface area contributed by atoms with Gasteiger partial charge in [0.2, 0.25) is 5.91 Å². The molecular weight excluding hydrogens is 426 g/mol. The SMILES string of the molecule is Cc1cc2c(cc3n2CC(C)(C(=O)NC2CCCCC2)N(Cc2ccccc2Cl)C3=O)o1. The summed E-state index contributed by atoms with van der Waals surface area (Å²) >= 11 is 6.43. The zero-order chi connectivity index (χ0) is 22.5. The van der Waals surface area contributed by atoms with Crippen LogP contribution in [-0.2, 0) is 17.9 Å². The molecule has 1 aromatic carbocycles. The number of aromatic nitrogens is 1. The van der Waals surface area contributed by atoms with Gasteiger partial charge < -0.3 is 19.2 Å². The number of furan rings is 1. The maximum atomic E-state index is 13.7. The third-order valence-corrected chi connectivity index (χ3v) is 7.32. The van der Waals surface area contributed by atoms with Crippen molar-refractivity contribution in [2.45, 2.75) is 70.6 Å². The normalized spacial score (nSPS) is 21.7. The van der Waals surface area contributed by atoms with E-state index in [2.05, 4.69) is 5.32 Å². The number of rotatable bonds is 4. The number of hydrogen-bond donors (Lipinski definition) is 1. The summed E-state index contributed by atoms with van der Waals surface area (Å²) in [5.74, 6) is 0.476. The highest BCUT2D eigenvalue weighted by atomic mass is 35.5. The Hall–Kier alpha value is -2.73. The lowest BCUT2D eigenvalue weighted by atomic mass is 9.91. The van der Waals surface area contributed by atoms with Crippen molar-refractivity contribution in [2.75, 3.05) is 0 Å². The minimum Gasteiger partial charge on any atom is -0.460 e. The fraction of sp³-hybridized carbons (Fsp3) is 0.440. The van der Waals surface area contributed by atoms with Crippen LogP contribution >= 0.6 is 11.6 Å². The first-order chi connectivity index (χ1) is 15.4. The molecule has 1 aliphatic heterocycles. The Morgan fingerprint density at radius 3 is 2.72 bits per heavy atom. The number of aryl methyl sites for hydroxylation is 1. The predicted molar refractivity (Wildman–Crippen MR) is 124 cm³/mol. The highest BCUT2D eigenvalue weighted by Gasteiger charge is 2.48. The largest absolute Gasteiger partial charge is 0.460 e. The summed E-state index contributed by atoms with van der Waals surface area (Å²) in [6.07, 6.45) is 5.44. The van der Waals surface area contributed by atoms with Gasteiger partial charge >= 0.3 is 0 Å². The van der Waals surface area contributed by atoms with Crippen molar-refractivity contribution < 1.29 is 14.0 Å². The lowest BCUT2D eigenvalue weighted by molar-refractivity contribution is -0.134. The van der Waals surface area contributed by atoms with Gasteiger partial charge in [0.15, 0.2) is 5.58 Å². The monoisotopic (exact) mass is 453 g/mol. The van der Waals surface area contributed by atoms with Crippen LogP contribution in [0.2, 0.25) is 5.02 Å². The quantitative estimate of drug-likeness (QED) is 0.600. The Kier molecular flexibility index (Phi) is 5.28. The number of halogens is 1. The molecule has 2 aliphatic rings. The maximum absolute atomic E-state index is 13.7. The van der Waals surface area contributed by atoms with Gasteiger partial charge in [0.25, 0.3) is 5.91 Å². The van der Waals surface area contributed by atoms with E-state index < -0.39 is 5.54 Å². The van der Waals surface area contributed by atoms with E-state index >= 15 is 0 Å². The highest BCUT2D eigenvalue weighted by Crippen LogP contribution is 2.35. The van der Waals surface area contributed by atoms with Crippen LogP contribution in [0.25, 0.3) is 11.1 Å². The molecule has 0 radical (unpaired) electrons. The van der Waals surface area contributed by atoms with Gasteiger partial charge in [-0.15, -0.1) is 0 Å². The molecule has 3 aromatic rings. The van der Waals surface area contributed by atoms with E-state index in [1.54, 1.807) is 11.0 Å². The Labute approximate surface area is 192 Å². The van der Waals surface area contributed by atoms with Gasteiger partial charge in [-0.1, -0.05) is 49.1 Å². The van der Waals surface area contributed by atoms with Crippen LogP contribution < -0.4 is 5.32 Å². The number of nitrogens with one attached hydrogen (secondary N) is 1. The molecule has 1 unspecified atom stereocenters.